The number of hydrogen-bond donors (Lipinski definition) is 0. The van der Waals surface area contributed by atoms with E-state index in [0.717, 1.165) is 29.1 Å². The van der Waals surface area contributed by atoms with E-state index in [1.54, 1.807) is 12.1 Å². The van der Waals surface area contributed by atoms with Crippen LogP contribution in [0.4, 0.5) is 4.79 Å². The third-order valence-corrected chi connectivity index (χ3v) is 6.53. The Morgan fingerprint density at radius 2 is 1.83 bits per heavy atom. The van der Waals surface area contributed by atoms with Crippen LogP contribution in [0.5, 0.6) is 0 Å². The Morgan fingerprint density at radius 3 is 2.39 bits per heavy atom. The van der Waals surface area contributed by atoms with Crippen molar-refractivity contribution in [2.75, 3.05) is 0 Å². The summed E-state index contributed by atoms with van der Waals surface area (Å²) in [5, 5.41) is 0. The molecule has 3 rings (SSSR count). The minimum Gasteiger partial charge on any atom is -0.439 e. The molecule has 6 heteroatoms. The lowest BCUT2D eigenvalue weighted by Gasteiger charge is -2.35. The van der Waals surface area contributed by atoms with Crippen LogP contribution in [0.15, 0.2) is 41.8 Å². The Kier molecular flexibility index (Phi) is 3.96. The first kappa shape index (κ1) is 16.1. The molecule has 2 fully saturated rings. The maximum absolute atomic E-state index is 12.9. The number of hydrogen-bond acceptors (Lipinski definition) is 4. The molecule has 0 N–H and O–H groups in total. The summed E-state index contributed by atoms with van der Waals surface area (Å²) in [6, 6.07) is 5.82. The first-order valence-corrected chi connectivity index (χ1v) is 9.31. The van der Waals surface area contributed by atoms with Gasteiger partial charge in [0.1, 0.15) is 11.6 Å². The molecular weight excluding hydrogens is 314 g/mol. The third-order valence-electron chi connectivity index (χ3n) is 4.76. The third kappa shape index (κ3) is 2.55. The predicted molar refractivity (Wildman–Crippen MR) is 86.5 cm³/mol. The number of carbonyl (C=O) groups excluding carboxylic acids is 1. The second-order valence-corrected chi connectivity index (χ2v) is 8.10. The highest BCUT2D eigenvalue weighted by Crippen LogP contribution is 2.44. The lowest BCUT2D eigenvalue weighted by molar-refractivity contribution is 0.0127. The molecule has 1 aromatic carbocycles. The van der Waals surface area contributed by atoms with E-state index in [2.05, 4.69) is 6.58 Å². The highest BCUT2D eigenvalue weighted by Gasteiger charge is 2.57. The zero-order valence-corrected chi connectivity index (χ0v) is 14.0. The number of nitrogens with zero attached hydrogens (tertiary/aromatic N) is 1. The van der Waals surface area contributed by atoms with Gasteiger partial charge in [0, 0.05) is 0 Å². The molecule has 0 aromatic heterocycles. The maximum atomic E-state index is 12.9. The quantitative estimate of drug-likeness (QED) is 0.794. The van der Waals surface area contributed by atoms with E-state index < -0.39 is 27.8 Å². The molecule has 1 saturated heterocycles. The second-order valence-electron chi connectivity index (χ2n) is 6.29. The molecule has 23 heavy (non-hydrogen) atoms. The van der Waals surface area contributed by atoms with Gasteiger partial charge in [0.2, 0.25) is 0 Å². The number of sulfonamides is 1. The second kappa shape index (κ2) is 5.67. The number of carbonyl (C=O) groups is 1. The van der Waals surface area contributed by atoms with Gasteiger partial charge in [-0.25, -0.2) is 13.2 Å². The predicted octanol–water partition coefficient (Wildman–Crippen LogP) is 3.39. The van der Waals surface area contributed by atoms with Crippen molar-refractivity contribution in [2.24, 2.45) is 0 Å². The van der Waals surface area contributed by atoms with Crippen molar-refractivity contribution >= 4 is 16.1 Å². The molecule has 0 unspecified atom stereocenters. The zero-order valence-electron chi connectivity index (χ0n) is 13.2. The fourth-order valence-corrected chi connectivity index (χ4v) is 5.05. The van der Waals surface area contributed by atoms with E-state index in [0.29, 0.717) is 12.8 Å². The highest BCUT2D eigenvalue weighted by atomic mass is 32.2. The molecule has 1 heterocycles. The lowest BCUT2D eigenvalue weighted by atomic mass is 9.80. The van der Waals surface area contributed by atoms with E-state index in [1.807, 2.05) is 6.92 Å². The Labute approximate surface area is 137 Å². The lowest BCUT2D eigenvalue weighted by Crippen LogP contribution is -2.47. The van der Waals surface area contributed by atoms with Gasteiger partial charge in [-0.2, -0.15) is 4.31 Å². The van der Waals surface area contributed by atoms with Gasteiger partial charge in [-0.15, -0.1) is 6.58 Å². The molecule has 1 spiro atoms. The average Bonchev–Trinajstić information content (AvgIpc) is 2.80. The van der Waals surface area contributed by atoms with Crippen LogP contribution >= 0.6 is 0 Å². The van der Waals surface area contributed by atoms with Crippen molar-refractivity contribution < 1.29 is 17.9 Å². The van der Waals surface area contributed by atoms with Crippen molar-refractivity contribution in [2.45, 2.75) is 55.6 Å². The Bertz CT molecular complexity index is 717. The molecule has 1 saturated carbocycles. The van der Waals surface area contributed by atoms with Crippen LogP contribution in [0.1, 0.15) is 37.7 Å². The number of rotatable bonds is 3. The Balaban J connectivity index is 2.02. The van der Waals surface area contributed by atoms with E-state index in [1.165, 1.54) is 18.2 Å². The van der Waals surface area contributed by atoms with Crippen LogP contribution < -0.4 is 0 Å². The van der Waals surface area contributed by atoms with E-state index in [4.69, 9.17) is 4.74 Å². The molecular formula is C17H21NO4S. The number of ether oxygens (including phenoxy) is 1. The number of amides is 1. The maximum Gasteiger partial charge on any atom is 0.425 e. The van der Waals surface area contributed by atoms with Gasteiger partial charge in [-0.05, 0) is 44.7 Å². The molecule has 0 bridgehead atoms. The Morgan fingerprint density at radius 1 is 1.22 bits per heavy atom. The fourth-order valence-electron chi connectivity index (χ4n) is 3.54. The van der Waals surface area contributed by atoms with Gasteiger partial charge in [0.05, 0.1) is 4.90 Å². The summed E-state index contributed by atoms with van der Waals surface area (Å²) in [7, 11) is -3.95. The minimum atomic E-state index is -3.95. The summed E-state index contributed by atoms with van der Waals surface area (Å²) in [5.41, 5.74) is 0.200. The molecule has 1 aromatic rings. The smallest absolute Gasteiger partial charge is 0.425 e. The SMILES string of the molecule is C=C[C@@H]1N(S(=O)(=O)c2ccc(C)cc2)C(=O)OC12CCCCC2. The van der Waals surface area contributed by atoms with Gasteiger partial charge in [0.15, 0.2) is 0 Å². The van der Waals surface area contributed by atoms with Crippen LogP contribution in [0.3, 0.4) is 0 Å². The van der Waals surface area contributed by atoms with Crippen LogP contribution in [-0.4, -0.2) is 30.5 Å². The first-order chi connectivity index (χ1) is 10.9. The molecule has 1 aliphatic carbocycles. The van der Waals surface area contributed by atoms with Crippen LogP contribution in [-0.2, 0) is 14.8 Å². The molecule has 1 atom stereocenters. The van der Waals surface area contributed by atoms with Gasteiger partial charge in [0.25, 0.3) is 10.0 Å². The topological polar surface area (TPSA) is 63.7 Å². The summed E-state index contributed by atoms with van der Waals surface area (Å²) < 4.78 is 32.3. The van der Waals surface area contributed by atoms with Crippen molar-refractivity contribution in [3.63, 3.8) is 0 Å². The summed E-state index contributed by atoms with van der Waals surface area (Å²) >= 11 is 0. The van der Waals surface area contributed by atoms with Gasteiger partial charge in [-0.1, -0.05) is 30.2 Å². The van der Waals surface area contributed by atoms with E-state index >= 15 is 0 Å². The molecule has 0 radical (unpaired) electrons. The van der Waals surface area contributed by atoms with E-state index in [-0.39, 0.29) is 4.90 Å². The summed E-state index contributed by atoms with van der Waals surface area (Å²) in [5.74, 6) is 0. The van der Waals surface area contributed by atoms with Gasteiger partial charge < -0.3 is 4.74 Å². The monoisotopic (exact) mass is 335 g/mol. The molecule has 1 aliphatic heterocycles. The molecule has 2 aliphatic rings. The first-order valence-electron chi connectivity index (χ1n) is 7.87. The minimum absolute atomic E-state index is 0.0970. The average molecular weight is 335 g/mol. The van der Waals surface area contributed by atoms with Crippen molar-refractivity contribution in [1.29, 1.82) is 0 Å². The number of benzene rings is 1. The van der Waals surface area contributed by atoms with Crippen LogP contribution in [0.25, 0.3) is 0 Å². The molecule has 1 amide bonds. The van der Waals surface area contributed by atoms with Gasteiger partial charge >= 0.3 is 6.09 Å². The molecule has 5 nitrogen and oxygen atoms in total. The molecule has 124 valence electrons. The Hall–Kier alpha value is -1.82. The van der Waals surface area contributed by atoms with Gasteiger partial charge in [-0.3, -0.25) is 0 Å². The number of aryl methyl sites for hydroxylation is 1. The largest absolute Gasteiger partial charge is 0.439 e. The van der Waals surface area contributed by atoms with Crippen LogP contribution in [0.2, 0.25) is 0 Å². The normalized spacial score (nSPS) is 23.8. The van der Waals surface area contributed by atoms with Crippen molar-refractivity contribution in [3.8, 4) is 0 Å². The standard InChI is InChI=1S/C17H21NO4S/c1-3-15-17(11-5-4-6-12-17)22-16(19)18(15)23(20,21)14-9-7-13(2)8-10-14/h3,7-10,15H,1,4-6,11-12H2,2H3/t15-/m0/s1. The summed E-state index contributed by atoms with van der Waals surface area (Å²) in [4.78, 5) is 12.5. The summed E-state index contributed by atoms with van der Waals surface area (Å²) in [6.45, 7) is 5.64. The van der Waals surface area contributed by atoms with Crippen molar-refractivity contribution in [1.82, 2.24) is 4.31 Å². The van der Waals surface area contributed by atoms with E-state index in [9.17, 15) is 13.2 Å². The fraction of sp³-hybridized carbons (Fsp3) is 0.471. The summed E-state index contributed by atoms with van der Waals surface area (Å²) in [6.07, 6.45) is 5.02. The highest BCUT2D eigenvalue weighted by molar-refractivity contribution is 7.89. The van der Waals surface area contributed by atoms with Crippen molar-refractivity contribution in [3.05, 3.63) is 42.5 Å². The van der Waals surface area contributed by atoms with Crippen LogP contribution in [0, 0.1) is 6.92 Å². The zero-order chi connectivity index (χ0) is 16.7.